The topological polar surface area (TPSA) is 39.7 Å². The van der Waals surface area contributed by atoms with Crippen molar-refractivity contribution in [3.05, 3.63) is 23.8 Å². The Morgan fingerprint density at radius 3 is 2.61 bits per heavy atom. The van der Waals surface area contributed by atoms with Gasteiger partial charge in [-0.25, -0.2) is 0 Å². The van der Waals surface area contributed by atoms with Crippen molar-refractivity contribution in [3.8, 4) is 11.5 Å². The molecule has 0 spiro atoms. The van der Waals surface area contributed by atoms with E-state index in [0.717, 1.165) is 30.2 Å². The smallest absolute Gasteiger partial charge is 0.166 e. The van der Waals surface area contributed by atoms with Crippen molar-refractivity contribution >= 4 is 0 Å². The fourth-order valence-electron chi connectivity index (χ4n) is 1.63. The summed E-state index contributed by atoms with van der Waals surface area (Å²) in [6.07, 6.45) is 0.124. The zero-order valence-corrected chi connectivity index (χ0v) is 11.7. The number of benzene rings is 1. The van der Waals surface area contributed by atoms with Crippen LogP contribution >= 0.6 is 0 Å². The van der Waals surface area contributed by atoms with Crippen molar-refractivity contribution in [1.29, 1.82) is 0 Å². The van der Waals surface area contributed by atoms with Gasteiger partial charge in [-0.05, 0) is 19.9 Å². The quantitative estimate of drug-likeness (QED) is 0.721. The molecule has 4 heteroatoms. The van der Waals surface area contributed by atoms with Gasteiger partial charge >= 0.3 is 0 Å². The highest BCUT2D eigenvalue weighted by molar-refractivity contribution is 5.46. The maximum atomic E-state index is 5.83. The Bertz CT molecular complexity index is 353. The summed E-state index contributed by atoms with van der Waals surface area (Å²) in [5.74, 6) is 1.59. The Morgan fingerprint density at radius 1 is 1.22 bits per heavy atom. The number of nitrogens with one attached hydrogen (secondary N) is 1. The molecule has 0 saturated heterocycles. The van der Waals surface area contributed by atoms with Gasteiger partial charge in [0.05, 0.1) is 19.8 Å². The van der Waals surface area contributed by atoms with Gasteiger partial charge in [-0.2, -0.15) is 0 Å². The SMILES string of the molecule is COCCNCc1cccc(OC)c1OC(C)C. The molecule has 0 aliphatic heterocycles. The largest absolute Gasteiger partial charge is 0.493 e. The molecule has 0 aliphatic carbocycles. The molecule has 1 N–H and O–H groups in total. The van der Waals surface area contributed by atoms with E-state index in [1.807, 2.05) is 32.0 Å². The van der Waals surface area contributed by atoms with Crippen molar-refractivity contribution in [2.24, 2.45) is 0 Å². The zero-order valence-electron chi connectivity index (χ0n) is 11.7. The first-order valence-corrected chi connectivity index (χ1v) is 6.21. The van der Waals surface area contributed by atoms with Crippen LogP contribution in [0.2, 0.25) is 0 Å². The van der Waals surface area contributed by atoms with E-state index < -0.39 is 0 Å². The molecule has 0 aromatic heterocycles. The molecule has 4 nitrogen and oxygen atoms in total. The van der Waals surface area contributed by atoms with Crippen molar-refractivity contribution in [2.75, 3.05) is 27.4 Å². The summed E-state index contributed by atoms with van der Waals surface area (Å²) in [4.78, 5) is 0. The van der Waals surface area contributed by atoms with Crippen LogP contribution in [0.25, 0.3) is 0 Å². The number of hydrogen-bond acceptors (Lipinski definition) is 4. The Morgan fingerprint density at radius 2 is 2.00 bits per heavy atom. The first-order valence-electron chi connectivity index (χ1n) is 6.21. The molecule has 0 unspecified atom stereocenters. The fourth-order valence-corrected chi connectivity index (χ4v) is 1.63. The van der Waals surface area contributed by atoms with Gasteiger partial charge in [-0.15, -0.1) is 0 Å². The van der Waals surface area contributed by atoms with E-state index >= 15 is 0 Å². The standard InChI is InChI=1S/C14H23NO3/c1-11(2)18-14-12(10-15-8-9-16-3)6-5-7-13(14)17-4/h5-7,11,15H,8-10H2,1-4H3. The third-order valence-corrected chi connectivity index (χ3v) is 2.43. The second-order valence-electron chi connectivity index (χ2n) is 4.28. The highest BCUT2D eigenvalue weighted by atomic mass is 16.5. The predicted octanol–water partition coefficient (Wildman–Crippen LogP) is 2.22. The van der Waals surface area contributed by atoms with Crippen LogP contribution in [0.4, 0.5) is 0 Å². The maximum absolute atomic E-state index is 5.83. The van der Waals surface area contributed by atoms with Gasteiger partial charge in [0.15, 0.2) is 11.5 Å². The fraction of sp³-hybridized carbons (Fsp3) is 0.571. The minimum absolute atomic E-state index is 0.124. The van der Waals surface area contributed by atoms with Gasteiger partial charge in [-0.1, -0.05) is 12.1 Å². The lowest BCUT2D eigenvalue weighted by Crippen LogP contribution is -2.19. The van der Waals surface area contributed by atoms with E-state index in [0.29, 0.717) is 6.61 Å². The van der Waals surface area contributed by atoms with Crippen LogP contribution in [0.1, 0.15) is 19.4 Å². The Hall–Kier alpha value is -1.26. The molecule has 1 aromatic carbocycles. The first-order chi connectivity index (χ1) is 8.69. The average molecular weight is 253 g/mol. The van der Waals surface area contributed by atoms with E-state index in [4.69, 9.17) is 14.2 Å². The minimum Gasteiger partial charge on any atom is -0.493 e. The number of methoxy groups -OCH3 is 2. The normalized spacial score (nSPS) is 10.7. The molecule has 102 valence electrons. The van der Waals surface area contributed by atoms with E-state index in [1.165, 1.54) is 0 Å². The van der Waals surface area contributed by atoms with Crippen LogP contribution in [0.15, 0.2) is 18.2 Å². The van der Waals surface area contributed by atoms with Gasteiger partial charge in [0.2, 0.25) is 0 Å². The molecule has 0 heterocycles. The molecular formula is C14H23NO3. The van der Waals surface area contributed by atoms with Crippen molar-refractivity contribution < 1.29 is 14.2 Å². The number of hydrogen-bond donors (Lipinski definition) is 1. The van der Waals surface area contributed by atoms with E-state index in [-0.39, 0.29) is 6.10 Å². The summed E-state index contributed by atoms with van der Waals surface area (Å²) in [5.41, 5.74) is 1.10. The Kier molecular flexibility index (Phi) is 6.54. The number of para-hydroxylation sites is 1. The summed E-state index contributed by atoms with van der Waals surface area (Å²) in [6, 6.07) is 5.93. The van der Waals surface area contributed by atoms with Crippen LogP contribution in [-0.2, 0) is 11.3 Å². The summed E-state index contributed by atoms with van der Waals surface area (Å²) < 4.78 is 16.2. The lowest BCUT2D eigenvalue weighted by molar-refractivity contribution is 0.198. The molecule has 1 rings (SSSR count). The molecule has 1 aromatic rings. The molecule has 0 aliphatic rings. The van der Waals surface area contributed by atoms with E-state index in [2.05, 4.69) is 5.32 Å². The molecule has 0 atom stereocenters. The van der Waals surface area contributed by atoms with Crippen molar-refractivity contribution in [2.45, 2.75) is 26.5 Å². The van der Waals surface area contributed by atoms with Crippen LogP contribution in [0.3, 0.4) is 0 Å². The average Bonchev–Trinajstić information content (AvgIpc) is 2.35. The number of ether oxygens (including phenoxy) is 3. The Labute approximate surface area is 109 Å². The minimum atomic E-state index is 0.124. The van der Waals surface area contributed by atoms with Crippen LogP contribution in [0, 0.1) is 0 Å². The Balaban J connectivity index is 2.75. The van der Waals surface area contributed by atoms with E-state index in [1.54, 1.807) is 14.2 Å². The maximum Gasteiger partial charge on any atom is 0.166 e. The number of rotatable bonds is 8. The summed E-state index contributed by atoms with van der Waals surface area (Å²) in [7, 11) is 3.35. The van der Waals surface area contributed by atoms with Crippen LogP contribution < -0.4 is 14.8 Å². The van der Waals surface area contributed by atoms with Crippen molar-refractivity contribution in [3.63, 3.8) is 0 Å². The summed E-state index contributed by atoms with van der Waals surface area (Å²) in [5, 5.41) is 3.31. The zero-order chi connectivity index (χ0) is 13.4. The highest BCUT2D eigenvalue weighted by Crippen LogP contribution is 2.31. The molecule has 18 heavy (non-hydrogen) atoms. The van der Waals surface area contributed by atoms with Crippen molar-refractivity contribution in [1.82, 2.24) is 5.32 Å². The lowest BCUT2D eigenvalue weighted by atomic mass is 10.2. The summed E-state index contributed by atoms with van der Waals surface area (Å²) >= 11 is 0. The van der Waals surface area contributed by atoms with Gasteiger partial charge in [0.1, 0.15) is 0 Å². The predicted molar refractivity (Wildman–Crippen MR) is 72.3 cm³/mol. The third kappa shape index (κ3) is 4.55. The first kappa shape index (κ1) is 14.8. The molecular weight excluding hydrogens is 230 g/mol. The van der Waals surface area contributed by atoms with Gasteiger partial charge < -0.3 is 19.5 Å². The lowest BCUT2D eigenvalue weighted by Gasteiger charge is -2.17. The summed E-state index contributed by atoms with van der Waals surface area (Å²) in [6.45, 7) is 6.27. The molecule has 0 radical (unpaired) electrons. The molecule has 0 saturated carbocycles. The van der Waals surface area contributed by atoms with Gasteiger partial charge in [0.25, 0.3) is 0 Å². The molecule has 0 bridgehead atoms. The molecule has 0 fully saturated rings. The van der Waals surface area contributed by atoms with Gasteiger partial charge in [0, 0.05) is 25.8 Å². The third-order valence-electron chi connectivity index (χ3n) is 2.43. The van der Waals surface area contributed by atoms with Crippen LogP contribution in [-0.4, -0.2) is 33.5 Å². The highest BCUT2D eigenvalue weighted by Gasteiger charge is 2.11. The monoisotopic (exact) mass is 253 g/mol. The van der Waals surface area contributed by atoms with Crippen LogP contribution in [0.5, 0.6) is 11.5 Å². The van der Waals surface area contributed by atoms with E-state index in [9.17, 15) is 0 Å². The van der Waals surface area contributed by atoms with Gasteiger partial charge in [-0.3, -0.25) is 0 Å². The second kappa shape index (κ2) is 7.95. The molecule has 0 amide bonds. The second-order valence-corrected chi connectivity index (χ2v) is 4.28.